The van der Waals surface area contributed by atoms with Crippen molar-refractivity contribution in [3.63, 3.8) is 0 Å². The van der Waals surface area contributed by atoms with Crippen molar-refractivity contribution in [3.05, 3.63) is 45.9 Å². The molecular formula is C14H13ClN4O. The second-order valence-electron chi connectivity index (χ2n) is 4.36. The van der Waals surface area contributed by atoms with Crippen molar-refractivity contribution in [2.75, 3.05) is 5.73 Å². The van der Waals surface area contributed by atoms with Crippen LogP contribution in [0.5, 0.6) is 5.75 Å². The second kappa shape index (κ2) is 5.76. The van der Waals surface area contributed by atoms with Gasteiger partial charge in [-0.2, -0.15) is 5.26 Å². The molecule has 0 saturated heterocycles. The standard InChI is InChI=1S/C14H13ClN4O/c1-8-3-11(4-9(2)13(8)15)20-7-12-18-6-10(5-16)14(17)19-12/h3-4,6H,7H2,1-2H3,(H2,17,18,19). The number of nitrogens with two attached hydrogens (primary N) is 1. The summed E-state index contributed by atoms with van der Waals surface area (Å²) in [6, 6.07) is 5.61. The number of aryl methyl sites for hydroxylation is 2. The fourth-order valence-corrected chi connectivity index (χ4v) is 1.84. The van der Waals surface area contributed by atoms with Crippen molar-refractivity contribution in [3.8, 4) is 11.8 Å². The lowest BCUT2D eigenvalue weighted by molar-refractivity contribution is 0.295. The van der Waals surface area contributed by atoms with Crippen molar-refractivity contribution in [2.24, 2.45) is 0 Å². The minimum Gasteiger partial charge on any atom is -0.486 e. The van der Waals surface area contributed by atoms with E-state index in [0.29, 0.717) is 11.6 Å². The largest absolute Gasteiger partial charge is 0.486 e. The Kier molecular flexibility index (Phi) is 4.06. The van der Waals surface area contributed by atoms with Crippen LogP contribution in [-0.4, -0.2) is 9.97 Å². The quantitative estimate of drug-likeness (QED) is 0.938. The van der Waals surface area contributed by atoms with E-state index < -0.39 is 0 Å². The first-order valence-electron chi connectivity index (χ1n) is 5.92. The van der Waals surface area contributed by atoms with Gasteiger partial charge in [0, 0.05) is 5.02 Å². The SMILES string of the molecule is Cc1cc(OCc2ncc(C#N)c(N)n2)cc(C)c1Cl. The maximum absolute atomic E-state index is 8.75. The molecule has 1 heterocycles. The molecule has 5 nitrogen and oxygen atoms in total. The van der Waals surface area contributed by atoms with Crippen LogP contribution in [0.25, 0.3) is 0 Å². The number of nitrogen functional groups attached to an aromatic ring is 1. The molecule has 0 unspecified atom stereocenters. The molecule has 0 spiro atoms. The third kappa shape index (κ3) is 2.98. The van der Waals surface area contributed by atoms with Gasteiger partial charge in [-0.1, -0.05) is 11.6 Å². The third-order valence-electron chi connectivity index (χ3n) is 2.77. The molecule has 2 aromatic rings. The summed E-state index contributed by atoms with van der Waals surface area (Å²) in [5.41, 5.74) is 7.77. The fraction of sp³-hybridized carbons (Fsp3) is 0.214. The van der Waals surface area contributed by atoms with E-state index in [-0.39, 0.29) is 18.0 Å². The van der Waals surface area contributed by atoms with Crippen molar-refractivity contribution >= 4 is 17.4 Å². The topological polar surface area (TPSA) is 84.8 Å². The van der Waals surface area contributed by atoms with Crippen LogP contribution in [0.3, 0.4) is 0 Å². The Hall–Kier alpha value is -2.32. The van der Waals surface area contributed by atoms with Gasteiger partial charge in [-0.3, -0.25) is 0 Å². The molecule has 2 N–H and O–H groups in total. The summed E-state index contributed by atoms with van der Waals surface area (Å²) in [4.78, 5) is 8.04. The highest BCUT2D eigenvalue weighted by molar-refractivity contribution is 6.32. The lowest BCUT2D eigenvalue weighted by atomic mass is 10.1. The minimum atomic E-state index is 0.157. The number of halogens is 1. The summed E-state index contributed by atoms with van der Waals surface area (Å²) < 4.78 is 5.62. The van der Waals surface area contributed by atoms with Gasteiger partial charge in [0.2, 0.25) is 0 Å². The molecule has 20 heavy (non-hydrogen) atoms. The van der Waals surface area contributed by atoms with Crippen LogP contribution in [0.4, 0.5) is 5.82 Å². The molecule has 6 heteroatoms. The number of anilines is 1. The fourth-order valence-electron chi connectivity index (χ4n) is 1.73. The number of benzene rings is 1. The molecule has 1 aromatic heterocycles. The number of hydrogen-bond donors (Lipinski definition) is 1. The molecule has 0 saturated carbocycles. The predicted octanol–water partition coefficient (Wildman–Crippen LogP) is 2.78. The molecule has 0 bridgehead atoms. The molecule has 1 aromatic carbocycles. The number of nitrogens with zero attached hydrogens (tertiary/aromatic N) is 3. The maximum Gasteiger partial charge on any atom is 0.168 e. The number of hydrogen-bond acceptors (Lipinski definition) is 5. The summed E-state index contributed by atoms with van der Waals surface area (Å²) in [5, 5.41) is 9.48. The average molecular weight is 289 g/mol. The number of aromatic nitrogens is 2. The number of nitriles is 1. The van der Waals surface area contributed by atoms with Gasteiger partial charge < -0.3 is 10.5 Å². The Balaban J connectivity index is 2.13. The van der Waals surface area contributed by atoms with E-state index in [1.165, 1.54) is 6.20 Å². The molecule has 0 amide bonds. The third-order valence-corrected chi connectivity index (χ3v) is 3.36. The van der Waals surface area contributed by atoms with Gasteiger partial charge in [0.25, 0.3) is 0 Å². The van der Waals surface area contributed by atoms with Crippen LogP contribution in [0.15, 0.2) is 18.3 Å². The monoisotopic (exact) mass is 288 g/mol. The normalized spacial score (nSPS) is 10.1. The first-order valence-corrected chi connectivity index (χ1v) is 6.30. The van der Waals surface area contributed by atoms with Crippen molar-refractivity contribution < 1.29 is 4.74 Å². The Labute approximate surface area is 122 Å². The van der Waals surface area contributed by atoms with Gasteiger partial charge in [-0.15, -0.1) is 0 Å². The number of ether oxygens (including phenoxy) is 1. The van der Waals surface area contributed by atoms with Crippen LogP contribution in [0, 0.1) is 25.2 Å². The maximum atomic E-state index is 8.75. The second-order valence-corrected chi connectivity index (χ2v) is 4.73. The molecule has 2 rings (SSSR count). The van der Waals surface area contributed by atoms with Gasteiger partial charge in [0.15, 0.2) is 5.82 Å². The van der Waals surface area contributed by atoms with Gasteiger partial charge in [0.05, 0.1) is 6.20 Å². The highest BCUT2D eigenvalue weighted by Gasteiger charge is 2.06. The van der Waals surface area contributed by atoms with Gasteiger partial charge >= 0.3 is 0 Å². The first-order chi connectivity index (χ1) is 9.51. The Bertz CT molecular complexity index is 671. The Morgan fingerprint density at radius 2 is 2.00 bits per heavy atom. The van der Waals surface area contributed by atoms with Gasteiger partial charge in [-0.05, 0) is 37.1 Å². The number of rotatable bonds is 3. The Morgan fingerprint density at radius 1 is 1.35 bits per heavy atom. The predicted molar refractivity (Wildman–Crippen MR) is 76.4 cm³/mol. The van der Waals surface area contributed by atoms with Crippen LogP contribution >= 0.6 is 11.6 Å². The lowest BCUT2D eigenvalue weighted by Gasteiger charge is -2.09. The smallest absolute Gasteiger partial charge is 0.168 e. The Morgan fingerprint density at radius 3 is 2.55 bits per heavy atom. The summed E-state index contributed by atoms with van der Waals surface area (Å²) in [6.07, 6.45) is 1.39. The molecule has 0 aliphatic heterocycles. The summed E-state index contributed by atoms with van der Waals surface area (Å²) in [5.74, 6) is 1.27. The molecule has 102 valence electrons. The van der Waals surface area contributed by atoms with Crippen LogP contribution in [0.2, 0.25) is 5.02 Å². The molecule has 0 atom stereocenters. The van der Waals surface area contributed by atoms with E-state index in [1.807, 2.05) is 32.0 Å². The van der Waals surface area contributed by atoms with Crippen molar-refractivity contribution in [1.82, 2.24) is 9.97 Å². The van der Waals surface area contributed by atoms with Gasteiger partial charge in [-0.25, -0.2) is 9.97 Å². The molecule has 0 fully saturated rings. The molecule has 0 radical (unpaired) electrons. The van der Waals surface area contributed by atoms with E-state index in [0.717, 1.165) is 16.1 Å². The zero-order valence-corrected chi connectivity index (χ0v) is 11.9. The molecule has 0 aliphatic carbocycles. The minimum absolute atomic E-state index is 0.157. The van der Waals surface area contributed by atoms with Crippen LogP contribution < -0.4 is 10.5 Å². The first kappa shape index (κ1) is 14.1. The summed E-state index contributed by atoms with van der Waals surface area (Å²) in [6.45, 7) is 4.01. The summed E-state index contributed by atoms with van der Waals surface area (Å²) in [7, 11) is 0. The van der Waals surface area contributed by atoms with E-state index in [1.54, 1.807) is 0 Å². The van der Waals surface area contributed by atoms with Crippen molar-refractivity contribution in [2.45, 2.75) is 20.5 Å². The van der Waals surface area contributed by atoms with Crippen LogP contribution in [0.1, 0.15) is 22.5 Å². The zero-order chi connectivity index (χ0) is 14.7. The van der Waals surface area contributed by atoms with E-state index in [4.69, 9.17) is 27.3 Å². The van der Waals surface area contributed by atoms with Gasteiger partial charge in [0.1, 0.15) is 29.8 Å². The van der Waals surface area contributed by atoms with Crippen molar-refractivity contribution in [1.29, 1.82) is 5.26 Å². The molecular weight excluding hydrogens is 276 g/mol. The highest BCUT2D eigenvalue weighted by atomic mass is 35.5. The van der Waals surface area contributed by atoms with E-state index in [9.17, 15) is 0 Å². The van der Waals surface area contributed by atoms with E-state index in [2.05, 4.69) is 9.97 Å². The highest BCUT2D eigenvalue weighted by Crippen LogP contribution is 2.26. The van der Waals surface area contributed by atoms with E-state index >= 15 is 0 Å². The van der Waals surface area contributed by atoms with Crippen LogP contribution in [-0.2, 0) is 6.61 Å². The average Bonchev–Trinajstić information content (AvgIpc) is 2.42. The summed E-state index contributed by atoms with van der Waals surface area (Å²) >= 11 is 6.09. The lowest BCUT2D eigenvalue weighted by Crippen LogP contribution is -2.05. The zero-order valence-electron chi connectivity index (χ0n) is 11.1. The molecule has 0 aliphatic rings.